The fourth-order valence-corrected chi connectivity index (χ4v) is 3.73. The minimum Gasteiger partial charge on any atom is -0.465 e. The number of carbonyl (C=O) groups excluding carboxylic acids is 3. The molecule has 0 unspecified atom stereocenters. The first-order valence-corrected chi connectivity index (χ1v) is 9.42. The molecule has 144 valence electrons. The second-order valence-corrected chi connectivity index (χ2v) is 7.13. The molecule has 0 radical (unpaired) electrons. The van der Waals surface area contributed by atoms with Gasteiger partial charge in [0.05, 0.1) is 18.4 Å². The molecule has 7 nitrogen and oxygen atoms in total. The van der Waals surface area contributed by atoms with E-state index in [1.807, 2.05) is 6.07 Å². The number of nitrogens with one attached hydrogen (secondary N) is 1. The Balaban J connectivity index is 1.67. The van der Waals surface area contributed by atoms with Crippen molar-refractivity contribution in [2.45, 2.75) is 11.7 Å². The summed E-state index contributed by atoms with van der Waals surface area (Å²) < 4.78 is 4.67. The van der Waals surface area contributed by atoms with Crippen LogP contribution in [-0.4, -0.2) is 42.4 Å². The minimum absolute atomic E-state index is 0.111. The maximum absolute atomic E-state index is 12.7. The van der Waals surface area contributed by atoms with Crippen molar-refractivity contribution in [2.75, 3.05) is 24.4 Å². The third-order valence-electron chi connectivity index (χ3n) is 4.13. The van der Waals surface area contributed by atoms with E-state index in [-0.39, 0.29) is 18.2 Å². The van der Waals surface area contributed by atoms with Crippen molar-refractivity contribution < 1.29 is 19.1 Å². The third kappa shape index (κ3) is 4.23. The quantitative estimate of drug-likeness (QED) is 0.369. The van der Waals surface area contributed by atoms with E-state index in [0.29, 0.717) is 22.1 Å². The van der Waals surface area contributed by atoms with Crippen LogP contribution >= 0.6 is 11.8 Å². The van der Waals surface area contributed by atoms with Crippen LogP contribution in [0, 0.1) is 0 Å². The monoisotopic (exact) mass is 397 g/mol. The highest BCUT2D eigenvalue weighted by atomic mass is 32.2. The van der Waals surface area contributed by atoms with Crippen molar-refractivity contribution in [1.29, 1.82) is 0 Å². The maximum Gasteiger partial charge on any atom is 0.337 e. The Bertz CT molecular complexity index is 913. The van der Waals surface area contributed by atoms with Gasteiger partial charge < -0.3 is 10.1 Å². The molecular formula is C20H19N3O4S. The number of rotatable bonds is 4. The fraction of sp³-hybridized carbons (Fsp3) is 0.200. The molecule has 1 N–H and O–H groups in total. The van der Waals surface area contributed by atoms with Crippen molar-refractivity contribution >= 4 is 46.1 Å². The highest BCUT2D eigenvalue weighted by Crippen LogP contribution is 2.30. The molecule has 0 bridgehead atoms. The number of hydrogen-bond donors (Lipinski definition) is 1. The Labute approximate surface area is 166 Å². The van der Waals surface area contributed by atoms with E-state index < -0.39 is 11.2 Å². The largest absolute Gasteiger partial charge is 0.465 e. The van der Waals surface area contributed by atoms with Crippen LogP contribution in [-0.2, 0) is 14.3 Å². The molecule has 1 aliphatic heterocycles. The Morgan fingerprint density at radius 2 is 1.82 bits per heavy atom. The molecule has 1 fully saturated rings. The van der Waals surface area contributed by atoms with Crippen LogP contribution in [0.2, 0.25) is 0 Å². The van der Waals surface area contributed by atoms with Crippen LogP contribution in [0.3, 0.4) is 0 Å². The number of nitrogens with zero attached hydrogens (tertiary/aromatic N) is 2. The number of thioether (sulfide) groups is 1. The number of anilines is 2. The first-order chi connectivity index (χ1) is 13.5. The molecule has 1 heterocycles. The van der Waals surface area contributed by atoms with E-state index in [1.165, 1.54) is 23.8 Å². The number of esters is 1. The predicted octanol–water partition coefficient (Wildman–Crippen LogP) is 2.94. The first-order valence-electron chi connectivity index (χ1n) is 8.54. The number of amides is 2. The van der Waals surface area contributed by atoms with Crippen LogP contribution < -0.4 is 10.2 Å². The molecule has 0 aliphatic carbocycles. The van der Waals surface area contributed by atoms with Gasteiger partial charge >= 0.3 is 5.97 Å². The molecule has 2 aromatic carbocycles. The summed E-state index contributed by atoms with van der Waals surface area (Å²) >= 11 is 1.21. The standard InChI is InChI=1S/C20H19N3O4S/c1-21-20(22-14-10-8-13(9-11-14)19(26)27-2)28-16-12-17(24)23(18(16)25)15-6-4-3-5-7-15/h3-11,16H,12H2,1-2H3,(H,21,22)/t16-/m0/s1. The number of para-hydroxylation sites is 1. The summed E-state index contributed by atoms with van der Waals surface area (Å²) in [6.07, 6.45) is 0.111. The van der Waals surface area contributed by atoms with Gasteiger partial charge in [0.2, 0.25) is 11.8 Å². The average Bonchev–Trinajstić information content (AvgIpc) is 3.01. The zero-order valence-corrected chi connectivity index (χ0v) is 16.2. The van der Waals surface area contributed by atoms with Gasteiger partial charge in [0.25, 0.3) is 0 Å². The van der Waals surface area contributed by atoms with Crippen LogP contribution in [0.5, 0.6) is 0 Å². The Hall–Kier alpha value is -3.13. The molecule has 1 saturated heterocycles. The van der Waals surface area contributed by atoms with Crippen LogP contribution in [0.4, 0.5) is 11.4 Å². The summed E-state index contributed by atoms with van der Waals surface area (Å²) in [4.78, 5) is 42.0. The van der Waals surface area contributed by atoms with Crippen molar-refractivity contribution in [2.24, 2.45) is 4.99 Å². The molecule has 1 atom stereocenters. The third-order valence-corrected chi connectivity index (χ3v) is 5.29. The lowest BCUT2D eigenvalue weighted by Gasteiger charge is -2.15. The Kier molecular flexibility index (Phi) is 6.10. The number of benzene rings is 2. The first kappa shape index (κ1) is 19.6. The van der Waals surface area contributed by atoms with Crippen molar-refractivity contribution in [3.05, 3.63) is 60.2 Å². The van der Waals surface area contributed by atoms with Crippen LogP contribution in [0.1, 0.15) is 16.8 Å². The summed E-state index contributed by atoms with van der Waals surface area (Å²) in [7, 11) is 2.93. The summed E-state index contributed by atoms with van der Waals surface area (Å²) in [5.74, 6) is -0.904. The van der Waals surface area contributed by atoms with Gasteiger partial charge in [0.15, 0.2) is 5.17 Å². The van der Waals surface area contributed by atoms with E-state index in [1.54, 1.807) is 55.6 Å². The van der Waals surface area contributed by atoms with E-state index in [4.69, 9.17) is 0 Å². The zero-order chi connectivity index (χ0) is 20.1. The number of amidine groups is 1. The van der Waals surface area contributed by atoms with Gasteiger partial charge in [0.1, 0.15) is 5.25 Å². The molecule has 3 rings (SSSR count). The summed E-state index contributed by atoms with van der Waals surface area (Å²) in [5.41, 5.74) is 1.71. The Morgan fingerprint density at radius 1 is 1.14 bits per heavy atom. The number of imide groups is 1. The van der Waals surface area contributed by atoms with Crippen molar-refractivity contribution in [3.63, 3.8) is 0 Å². The molecule has 2 aromatic rings. The van der Waals surface area contributed by atoms with Crippen molar-refractivity contribution in [1.82, 2.24) is 0 Å². The summed E-state index contributed by atoms with van der Waals surface area (Å²) in [6, 6.07) is 15.6. The van der Waals surface area contributed by atoms with Gasteiger partial charge in [-0.05, 0) is 36.4 Å². The number of aliphatic imine (C=N–C) groups is 1. The average molecular weight is 397 g/mol. The van der Waals surface area contributed by atoms with E-state index in [2.05, 4.69) is 15.0 Å². The van der Waals surface area contributed by atoms with E-state index >= 15 is 0 Å². The van der Waals surface area contributed by atoms with Gasteiger partial charge in [-0.3, -0.25) is 14.6 Å². The van der Waals surface area contributed by atoms with Gasteiger partial charge in [-0.2, -0.15) is 0 Å². The van der Waals surface area contributed by atoms with Crippen molar-refractivity contribution in [3.8, 4) is 0 Å². The summed E-state index contributed by atoms with van der Waals surface area (Å²) in [6.45, 7) is 0. The van der Waals surface area contributed by atoms with Crippen LogP contribution in [0.15, 0.2) is 59.6 Å². The zero-order valence-electron chi connectivity index (χ0n) is 15.4. The minimum atomic E-state index is -0.548. The number of carbonyl (C=O) groups is 3. The summed E-state index contributed by atoms with van der Waals surface area (Å²) in [5, 5.41) is 3.07. The predicted molar refractivity (Wildman–Crippen MR) is 110 cm³/mol. The van der Waals surface area contributed by atoms with Gasteiger partial charge in [-0.15, -0.1) is 0 Å². The van der Waals surface area contributed by atoms with E-state index in [0.717, 1.165) is 0 Å². The second-order valence-electron chi connectivity index (χ2n) is 5.94. The normalized spacial score (nSPS) is 17.0. The highest BCUT2D eigenvalue weighted by molar-refractivity contribution is 8.15. The van der Waals surface area contributed by atoms with E-state index in [9.17, 15) is 14.4 Å². The van der Waals surface area contributed by atoms with Gasteiger partial charge in [-0.25, -0.2) is 9.69 Å². The SMILES string of the molecule is CN=C(Nc1ccc(C(=O)OC)cc1)S[C@H]1CC(=O)N(c2ccccc2)C1=O. The molecule has 0 spiro atoms. The molecule has 8 heteroatoms. The number of hydrogen-bond acceptors (Lipinski definition) is 6. The molecule has 0 saturated carbocycles. The Morgan fingerprint density at radius 3 is 2.43 bits per heavy atom. The molecule has 2 amide bonds. The lowest BCUT2D eigenvalue weighted by Crippen LogP contribution is -2.31. The molecule has 0 aromatic heterocycles. The topological polar surface area (TPSA) is 88.1 Å². The van der Waals surface area contributed by atoms with Gasteiger partial charge in [-0.1, -0.05) is 30.0 Å². The fourth-order valence-electron chi connectivity index (χ4n) is 2.75. The molecular weight excluding hydrogens is 378 g/mol. The molecule has 1 aliphatic rings. The second kappa shape index (κ2) is 8.71. The number of ether oxygens (including phenoxy) is 1. The van der Waals surface area contributed by atoms with Gasteiger partial charge in [0, 0.05) is 19.2 Å². The number of methoxy groups -OCH3 is 1. The van der Waals surface area contributed by atoms with Crippen LogP contribution in [0.25, 0.3) is 0 Å². The maximum atomic E-state index is 12.7. The lowest BCUT2D eigenvalue weighted by atomic mass is 10.2. The lowest BCUT2D eigenvalue weighted by molar-refractivity contribution is -0.121. The highest BCUT2D eigenvalue weighted by Gasteiger charge is 2.40. The molecule has 28 heavy (non-hydrogen) atoms. The smallest absolute Gasteiger partial charge is 0.337 e.